The molecule has 40 heavy (non-hydrogen) atoms. The molecule has 1 fully saturated rings. The van der Waals surface area contributed by atoms with E-state index >= 15 is 0 Å². The molecule has 5 heteroatoms. The molecule has 4 rings (SSSR count). The molecular formula is C35H44O5. The number of methoxy groups -OCH3 is 2. The third-order valence-electron chi connectivity index (χ3n) is 7.24. The summed E-state index contributed by atoms with van der Waals surface area (Å²) >= 11 is 0. The molecule has 0 bridgehead atoms. The molecule has 0 aromatic heterocycles. The van der Waals surface area contributed by atoms with Crippen LogP contribution in [0, 0.1) is 0 Å². The van der Waals surface area contributed by atoms with Gasteiger partial charge in [0.25, 0.3) is 0 Å². The average Bonchev–Trinajstić information content (AvgIpc) is 3.01. The number of hydrogen-bond donors (Lipinski definition) is 0. The normalized spacial score (nSPS) is 16.1. The summed E-state index contributed by atoms with van der Waals surface area (Å²) in [5.74, 6) is 1.73. The van der Waals surface area contributed by atoms with Gasteiger partial charge in [-0.1, -0.05) is 67.9 Å². The van der Waals surface area contributed by atoms with Crippen molar-refractivity contribution in [2.45, 2.75) is 70.9 Å². The third-order valence-corrected chi connectivity index (χ3v) is 7.24. The van der Waals surface area contributed by atoms with E-state index in [-0.39, 0.29) is 12.6 Å². The summed E-state index contributed by atoms with van der Waals surface area (Å²) in [5.41, 5.74) is 6.17. The highest BCUT2D eigenvalue weighted by Gasteiger charge is 2.17. The van der Waals surface area contributed by atoms with Crippen molar-refractivity contribution in [1.29, 1.82) is 0 Å². The Labute approximate surface area is 240 Å². The molecule has 1 aliphatic rings. The van der Waals surface area contributed by atoms with Crippen molar-refractivity contribution in [2.24, 2.45) is 0 Å². The average molecular weight is 545 g/mol. The fourth-order valence-electron chi connectivity index (χ4n) is 5.13. The number of ether oxygens (including phenoxy) is 5. The van der Waals surface area contributed by atoms with E-state index in [4.69, 9.17) is 23.7 Å². The molecule has 0 amide bonds. The lowest BCUT2D eigenvalue weighted by molar-refractivity contribution is -0.107. The first-order valence-corrected chi connectivity index (χ1v) is 14.7. The van der Waals surface area contributed by atoms with E-state index in [1.165, 1.54) is 27.8 Å². The van der Waals surface area contributed by atoms with Crippen LogP contribution in [0.2, 0.25) is 0 Å². The predicted octanol–water partition coefficient (Wildman–Crippen LogP) is 8.52. The van der Waals surface area contributed by atoms with Crippen LogP contribution >= 0.6 is 0 Å². The zero-order chi connectivity index (χ0) is 28.0. The van der Waals surface area contributed by atoms with Gasteiger partial charge in [-0.15, -0.1) is 0 Å². The standard InChI is InChI=1S/C35H44O5/c1-4-12-32(27-13-6-5-7-14-27)35(29-19-23-31(24-20-29)40-34-16-9-11-26-39-34)28-17-21-30(22-18-28)38-25-10-8-15-33(36-2)37-3/h5-7,13-14,17-24,33-34H,4,8-12,15-16,25-26H2,1-3H3/b35-32+. The first-order chi connectivity index (χ1) is 19.7. The quantitative estimate of drug-likeness (QED) is 0.109. The number of unbranched alkanes of at least 4 members (excludes halogenated alkanes) is 1. The molecule has 5 nitrogen and oxygen atoms in total. The Balaban J connectivity index is 1.54. The number of allylic oxidation sites excluding steroid dienone is 1. The Morgan fingerprint density at radius 2 is 1.48 bits per heavy atom. The van der Waals surface area contributed by atoms with Crippen LogP contribution in [0.4, 0.5) is 0 Å². The molecule has 3 aromatic carbocycles. The van der Waals surface area contributed by atoms with Crippen LogP contribution in [0.25, 0.3) is 11.1 Å². The highest BCUT2D eigenvalue weighted by Crippen LogP contribution is 2.36. The van der Waals surface area contributed by atoms with Crippen LogP contribution in [0.3, 0.4) is 0 Å². The van der Waals surface area contributed by atoms with Crippen molar-refractivity contribution in [3.63, 3.8) is 0 Å². The van der Waals surface area contributed by atoms with E-state index < -0.39 is 0 Å². The van der Waals surface area contributed by atoms with Crippen molar-refractivity contribution in [3.8, 4) is 11.5 Å². The van der Waals surface area contributed by atoms with E-state index in [0.717, 1.165) is 69.5 Å². The lowest BCUT2D eigenvalue weighted by atomic mass is 9.87. The fraction of sp³-hybridized carbons (Fsp3) is 0.429. The van der Waals surface area contributed by atoms with Gasteiger partial charge in [-0.05, 0) is 90.6 Å². The SMILES string of the molecule is CCC/C(=C(/c1ccc(OCCCCC(OC)OC)cc1)c1ccc(OC2CCCCO2)cc1)c1ccccc1. The number of hydrogen-bond acceptors (Lipinski definition) is 5. The van der Waals surface area contributed by atoms with Crippen LogP contribution in [0.5, 0.6) is 11.5 Å². The smallest absolute Gasteiger partial charge is 0.199 e. The number of rotatable bonds is 15. The first-order valence-electron chi connectivity index (χ1n) is 14.7. The van der Waals surface area contributed by atoms with Crippen LogP contribution in [0.1, 0.15) is 75.0 Å². The van der Waals surface area contributed by atoms with Crippen molar-refractivity contribution in [2.75, 3.05) is 27.4 Å². The van der Waals surface area contributed by atoms with Crippen LogP contribution in [-0.2, 0) is 14.2 Å². The van der Waals surface area contributed by atoms with E-state index in [1.807, 2.05) is 0 Å². The Morgan fingerprint density at radius 1 is 0.800 bits per heavy atom. The fourth-order valence-corrected chi connectivity index (χ4v) is 5.13. The van der Waals surface area contributed by atoms with Gasteiger partial charge < -0.3 is 23.7 Å². The van der Waals surface area contributed by atoms with Gasteiger partial charge in [-0.2, -0.15) is 0 Å². The minimum atomic E-state index is -0.150. The maximum atomic E-state index is 6.12. The van der Waals surface area contributed by atoms with Crippen LogP contribution in [-0.4, -0.2) is 40.0 Å². The van der Waals surface area contributed by atoms with Gasteiger partial charge in [-0.25, -0.2) is 0 Å². The summed E-state index contributed by atoms with van der Waals surface area (Å²) in [4.78, 5) is 0. The molecular weight excluding hydrogens is 500 g/mol. The molecule has 1 unspecified atom stereocenters. The molecule has 214 valence electrons. The van der Waals surface area contributed by atoms with Gasteiger partial charge in [0.05, 0.1) is 13.2 Å². The Morgan fingerprint density at radius 3 is 2.08 bits per heavy atom. The second kappa shape index (κ2) is 16.2. The second-order valence-corrected chi connectivity index (χ2v) is 10.2. The summed E-state index contributed by atoms with van der Waals surface area (Å²) in [6.45, 7) is 3.68. The maximum absolute atomic E-state index is 6.12. The van der Waals surface area contributed by atoms with Crippen molar-refractivity contribution in [3.05, 3.63) is 95.6 Å². The van der Waals surface area contributed by atoms with Crippen LogP contribution in [0.15, 0.2) is 78.9 Å². The van der Waals surface area contributed by atoms with Crippen LogP contribution < -0.4 is 9.47 Å². The van der Waals surface area contributed by atoms with Crippen molar-refractivity contribution in [1.82, 2.24) is 0 Å². The zero-order valence-electron chi connectivity index (χ0n) is 24.3. The first kappa shape index (κ1) is 29.9. The van der Waals surface area contributed by atoms with Gasteiger partial charge in [0.2, 0.25) is 0 Å². The molecule has 3 aromatic rings. The topological polar surface area (TPSA) is 46.2 Å². The molecule has 0 spiro atoms. The summed E-state index contributed by atoms with van der Waals surface area (Å²) in [5, 5.41) is 0. The molecule has 0 saturated carbocycles. The Kier molecular flexibility index (Phi) is 12.1. The summed E-state index contributed by atoms with van der Waals surface area (Å²) < 4.78 is 28.5. The van der Waals surface area contributed by atoms with Crippen molar-refractivity contribution >= 4 is 11.1 Å². The molecule has 1 aliphatic heterocycles. The largest absolute Gasteiger partial charge is 0.494 e. The van der Waals surface area contributed by atoms with Gasteiger partial charge in [0.1, 0.15) is 11.5 Å². The molecule has 0 aliphatic carbocycles. The highest BCUT2D eigenvalue weighted by atomic mass is 16.7. The van der Waals surface area contributed by atoms with Gasteiger partial charge in [0, 0.05) is 20.6 Å². The maximum Gasteiger partial charge on any atom is 0.199 e. The van der Waals surface area contributed by atoms with Gasteiger partial charge >= 0.3 is 0 Å². The minimum absolute atomic E-state index is 0.146. The lowest BCUT2D eigenvalue weighted by Crippen LogP contribution is -2.24. The predicted molar refractivity (Wildman–Crippen MR) is 162 cm³/mol. The molecule has 0 N–H and O–H groups in total. The van der Waals surface area contributed by atoms with E-state index in [0.29, 0.717) is 6.61 Å². The van der Waals surface area contributed by atoms with Gasteiger partial charge in [0.15, 0.2) is 12.6 Å². The highest BCUT2D eigenvalue weighted by molar-refractivity contribution is 5.98. The molecule has 0 radical (unpaired) electrons. The zero-order valence-corrected chi connectivity index (χ0v) is 24.3. The molecule has 1 heterocycles. The van der Waals surface area contributed by atoms with E-state index in [9.17, 15) is 0 Å². The Hall–Kier alpha value is -3.12. The molecule has 1 atom stereocenters. The van der Waals surface area contributed by atoms with Crippen molar-refractivity contribution < 1.29 is 23.7 Å². The summed E-state index contributed by atoms with van der Waals surface area (Å²) in [6.07, 6.45) is 7.74. The number of benzene rings is 3. The minimum Gasteiger partial charge on any atom is -0.494 e. The summed E-state index contributed by atoms with van der Waals surface area (Å²) in [7, 11) is 3.35. The monoisotopic (exact) mass is 544 g/mol. The summed E-state index contributed by atoms with van der Waals surface area (Å²) in [6, 6.07) is 27.7. The lowest BCUT2D eigenvalue weighted by Gasteiger charge is -2.23. The van der Waals surface area contributed by atoms with E-state index in [1.54, 1.807) is 14.2 Å². The second-order valence-electron chi connectivity index (χ2n) is 10.2. The van der Waals surface area contributed by atoms with E-state index in [2.05, 4.69) is 85.8 Å². The third kappa shape index (κ3) is 8.69. The Bertz CT molecular complexity index is 1140. The van der Waals surface area contributed by atoms with Gasteiger partial charge in [-0.3, -0.25) is 0 Å². The molecule has 1 saturated heterocycles.